The Morgan fingerprint density at radius 3 is 2.89 bits per heavy atom. The summed E-state index contributed by atoms with van der Waals surface area (Å²) in [5.74, 6) is 1.30. The summed E-state index contributed by atoms with van der Waals surface area (Å²) in [6.45, 7) is 2.38. The number of hydrogen-bond acceptors (Lipinski definition) is 5. The quantitative estimate of drug-likeness (QED) is 0.711. The molecule has 1 aliphatic rings. The first-order valence-electron chi connectivity index (χ1n) is 6.22. The van der Waals surface area contributed by atoms with Crippen LogP contribution in [0.2, 0.25) is 0 Å². The standard InChI is InChI=1S/C13H18N2O4/c14-3-4-17-9-13(16)15-8-10-1-2-11-12(7-10)19-6-5-18-11/h1-2,7H,3-6,8-9,14H2,(H,15,16). The largest absolute Gasteiger partial charge is 0.486 e. The fourth-order valence-corrected chi connectivity index (χ4v) is 1.70. The lowest BCUT2D eigenvalue weighted by molar-refractivity contribution is -0.125. The number of fused-ring (bicyclic) bond motifs is 1. The molecule has 1 aliphatic heterocycles. The van der Waals surface area contributed by atoms with Crippen molar-refractivity contribution < 1.29 is 19.0 Å². The molecule has 1 amide bonds. The van der Waals surface area contributed by atoms with Gasteiger partial charge in [-0.25, -0.2) is 0 Å². The van der Waals surface area contributed by atoms with Gasteiger partial charge in [0.15, 0.2) is 11.5 Å². The molecule has 0 atom stereocenters. The Hall–Kier alpha value is -1.79. The SMILES string of the molecule is NCCOCC(=O)NCc1ccc2c(c1)OCCO2. The number of ether oxygens (including phenoxy) is 3. The van der Waals surface area contributed by atoms with E-state index in [4.69, 9.17) is 19.9 Å². The highest BCUT2D eigenvalue weighted by Gasteiger charge is 2.11. The molecule has 1 heterocycles. The summed E-state index contributed by atoms with van der Waals surface area (Å²) in [4.78, 5) is 11.4. The number of nitrogens with one attached hydrogen (secondary N) is 1. The molecule has 104 valence electrons. The summed E-state index contributed by atoms with van der Waals surface area (Å²) in [6, 6.07) is 5.62. The number of rotatable bonds is 6. The monoisotopic (exact) mass is 266 g/mol. The zero-order valence-corrected chi connectivity index (χ0v) is 10.7. The van der Waals surface area contributed by atoms with Crippen LogP contribution < -0.4 is 20.5 Å². The molecule has 2 rings (SSSR count). The van der Waals surface area contributed by atoms with Crippen LogP contribution in [0.3, 0.4) is 0 Å². The maximum absolute atomic E-state index is 11.4. The molecule has 6 nitrogen and oxygen atoms in total. The average Bonchev–Trinajstić information content (AvgIpc) is 2.45. The van der Waals surface area contributed by atoms with Gasteiger partial charge in [0, 0.05) is 13.1 Å². The Kier molecular flexibility index (Phi) is 5.00. The van der Waals surface area contributed by atoms with E-state index in [1.807, 2.05) is 18.2 Å². The Morgan fingerprint density at radius 1 is 1.32 bits per heavy atom. The number of benzene rings is 1. The maximum atomic E-state index is 11.4. The van der Waals surface area contributed by atoms with Crippen molar-refractivity contribution in [1.82, 2.24) is 5.32 Å². The zero-order valence-electron chi connectivity index (χ0n) is 10.7. The summed E-state index contributed by atoms with van der Waals surface area (Å²) in [6.07, 6.45) is 0. The topological polar surface area (TPSA) is 82.8 Å². The first-order chi connectivity index (χ1) is 9.29. The summed E-state index contributed by atoms with van der Waals surface area (Å²) < 4.78 is 15.9. The van der Waals surface area contributed by atoms with Crippen molar-refractivity contribution in [3.05, 3.63) is 23.8 Å². The Bertz CT molecular complexity index is 437. The minimum absolute atomic E-state index is 0.0295. The van der Waals surface area contributed by atoms with Crippen LogP contribution in [-0.4, -0.2) is 38.9 Å². The van der Waals surface area contributed by atoms with Gasteiger partial charge in [-0.2, -0.15) is 0 Å². The predicted molar refractivity (Wildman–Crippen MR) is 69.2 cm³/mol. The number of hydrogen-bond donors (Lipinski definition) is 2. The number of nitrogens with two attached hydrogens (primary N) is 1. The molecule has 1 aromatic rings. The molecule has 0 fully saturated rings. The summed E-state index contributed by atoms with van der Waals surface area (Å²) in [7, 11) is 0. The van der Waals surface area contributed by atoms with Crippen molar-refractivity contribution >= 4 is 5.91 Å². The van der Waals surface area contributed by atoms with E-state index < -0.39 is 0 Å². The maximum Gasteiger partial charge on any atom is 0.246 e. The third kappa shape index (κ3) is 4.11. The molecular formula is C13H18N2O4. The van der Waals surface area contributed by atoms with Crippen molar-refractivity contribution in [2.45, 2.75) is 6.54 Å². The van der Waals surface area contributed by atoms with E-state index >= 15 is 0 Å². The first kappa shape index (κ1) is 13.6. The Labute approximate surface area is 111 Å². The minimum Gasteiger partial charge on any atom is -0.486 e. The number of carbonyl (C=O) groups excluding carboxylic acids is 1. The van der Waals surface area contributed by atoms with E-state index in [1.165, 1.54) is 0 Å². The molecule has 0 saturated carbocycles. The van der Waals surface area contributed by atoms with Crippen molar-refractivity contribution in [2.75, 3.05) is 33.0 Å². The lowest BCUT2D eigenvalue weighted by Crippen LogP contribution is -2.28. The highest BCUT2D eigenvalue weighted by atomic mass is 16.6. The lowest BCUT2D eigenvalue weighted by atomic mass is 10.2. The molecule has 3 N–H and O–H groups in total. The van der Waals surface area contributed by atoms with E-state index in [2.05, 4.69) is 5.32 Å². The highest BCUT2D eigenvalue weighted by molar-refractivity contribution is 5.77. The van der Waals surface area contributed by atoms with Gasteiger partial charge in [0.2, 0.25) is 5.91 Å². The molecule has 19 heavy (non-hydrogen) atoms. The van der Waals surface area contributed by atoms with Crippen LogP contribution in [0.25, 0.3) is 0 Å². The normalized spacial score (nSPS) is 13.1. The molecule has 6 heteroatoms. The Morgan fingerprint density at radius 2 is 2.11 bits per heavy atom. The summed E-state index contributed by atoms with van der Waals surface area (Å²) in [5, 5.41) is 2.76. The molecule has 0 saturated heterocycles. The van der Waals surface area contributed by atoms with Crippen LogP contribution >= 0.6 is 0 Å². The van der Waals surface area contributed by atoms with Crippen LogP contribution in [0, 0.1) is 0 Å². The molecule has 0 radical (unpaired) electrons. The van der Waals surface area contributed by atoms with Crippen LogP contribution in [0.4, 0.5) is 0 Å². The van der Waals surface area contributed by atoms with Gasteiger partial charge in [-0.1, -0.05) is 6.07 Å². The van der Waals surface area contributed by atoms with E-state index in [-0.39, 0.29) is 12.5 Å². The second-order valence-electron chi connectivity index (χ2n) is 4.10. The van der Waals surface area contributed by atoms with Gasteiger partial charge in [0.1, 0.15) is 19.8 Å². The highest BCUT2D eigenvalue weighted by Crippen LogP contribution is 2.30. The van der Waals surface area contributed by atoms with E-state index in [0.717, 1.165) is 17.1 Å². The van der Waals surface area contributed by atoms with Crippen molar-refractivity contribution in [3.8, 4) is 11.5 Å². The van der Waals surface area contributed by atoms with Gasteiger partial charge in [-0.15, -0.1) is 0 Å². The van der Waals surface area contributed by atoms with Crippen molar-refractivity contribution in [1.29, 1.82) is 0 Å². The molecule has 0 bridgehead atoms. The van der Waals surface area contributed by atoms with Crippen molar-refractivity contribution in [2.24, 2.45) is 5.73 Å². The Balaban J connectivity index is 1.81. The van der Waals surface area contributed by atoms with E-state index in [0.29, 0.717) is 32.9 Å². The first-order valence-corrected chi connectivity index (χ1v) is 6.22. The summed E-state index contributed by atoms with van der Waals surface area (Å²) >= 11 is 0. The average molecular weight is 266 g/mol. The van der Waals surface area contributed by atoms with Crippen LogP contribution in [0.1, 0.15) is 5.56 Å². The van der Waals surface area contributed by atoms with Gasteiger partial charge in [-0.05, 0) is 17.7 Å². The van der Waals surface area contributed by atoms with Gasteiger partial charge < -0.3 is 25.3 Å². The third-order valence-corrected chi connectivity index (χ3v) is 2.59. The molecule has 1 aromatic carbocycles. The van der Waals surface area contributed by atoms with Gasteiger partial charge in [0.25, 0.3) is 0 Å². The second-order valence-corrected chi connectivity index (χ2v) is 4.10. The van der Waals surface area contributed by atoms with Crippen LogP contribution in [0.15, 0.2) is 18.2 Å². The number of carbonyl (C=O) groups is 1. The predicted octanol–water partition coefficient (Wildman–Crippen LogP) is 0.0493. The zero-order chi connectivity index (χ0) is 13.5. The van der Waals surface area contributed by atoms with Gasteiger partial charge in [-0.3, -0.25) is 4.79 Å². The molecule has 0 unspecified atom stereocenters. The third-order valence-electron chi connectivity index (χ3n) is 2.59. The molecular weight excluding hydrogens is 248 g/mol. The summed E-state index contributed by atoms with van der Waals surface area (Å²) in [5.41, 5.74) is 6.22. The van der Waals surface area contributed by atoms with E-state index in [1.54, 1.807) is 0 Å². The molecule has 0 aromatic heterocycles. The van der Waals surface area contributed by atoms with Gasteiger partial charge >= 0.3 is 0 Å². The molecule has 0 aliphatic carbocycles. The smallest absolute Gasteiger partial charge is 0.246 e. The van der Waals surface area contributed by atoms with E-state index in [9.17, 15) is 4.79 Å². The fourth-order valence-electron chi connectivity index (χ4n) is 1.70. The minimum atomic E-state index is -0.164. The molecule has 0 spiro atoms. The van der Waals surface area contributed by atoms with Crippen molar-refractivity contribution in [3.63, 3.8) is 0 Å². The lowest BCUT2D eigenvalue weighted by Gasteiger charge is -2.18. The fraction of sp³-hybridized carbons (Fsp3) is 0.462. The number of amides is 1. The van der Waals surface area contributed by atoms with Crippen LogP contribution in [0.5, 0.6) is 11.5 Å². The van der Waals surface area contributed by atoms with Gasteiger partial charge in [0.05, 0.1) is 6.61 Å². The van der Waals surface area contributed by atoms with Crippen LogP contribution in [-0.2, 0) is 16.1 Å². The second kappa shape index (κ2) is 6.96.